The third kappa shape index (κ3) is 3.15. The van der Waals surface area contributed by atoms with Gasteiger partial charge in [0.1, 0.15) is 5.82 Å². The van der Waals surface area contributed by atoms with E-state index in [2.05, 4.69) is 10.1 Å². The van der Waals surface area contributed by atoms with Gasteiger partial charge in [0.05, 0.1) is 18.8 Å². The lowest BCUT2D eigenvalue weighted by molar-refractivity contribution is 0.600. The van der Waals surface area contributed by atoms with Crippen molar-refractivity contribution in [2.45, 2.75) is 33.5 Å². The minimum absolute atomic E-state index is 0.0346. The fraction of sp³-hybridized carbons (Fsp3) is 0.300. The zero-order valence-corrected chi connectivity index (χ0v) is 17.5. The third-order valence-corrected chi connectivity index (χ3v) is 5.37. The van der Waals surface area contributed by atoms with Crippen LogP contribution in [-0.4, -0.2) is 24.4 Å². The van der Waals surface area contributed by atoms with Crippen LogP contribution in [0.5, 0.6) is 0 Å². The highest BCUT2D eigenvalue weighted by molar-refractivity contribution is 6.31. The first kappa shape index (κ1) is 20.1. The molecular formula is C20H20ClFN6O2. The Kier molecular flexibility index (Phi) is 5.07. The van der Waals surface area contributed by atoms with Gasteiger partial charge < -0.3 is 0 Å². The van der Waals surface area contributed by atoms with E-state index < -0.39 is 17.1 Å². The van der Waals surface area contributed by atoms with Crippen molar-refractivity contribution < 1.29 is 4.39 Å². The molecule has 1 aliphatic heterocycles. The number of rotatable bonds is 4. The number of imidazole rings is 1. The first-order chi connectivity index (χ1) is 14.3. The normalized spacial score (nSPS) is 13.9. The van der Waals surface area contributed by atoms with Gasteiger partial charge in [-0.3, -0.25) is 18.5 Å². The second kappa shape index (κ2) is 7.56. The molecule has 1 aromatic carbocycles. The van der Waals surface area contributed by atoms with Gasteiger partial charge in [-0.2, -0.15) is 10.1 Å². The van der Waals surface area contributed by atoms with Crippen molar-refractivity contribution in [2.24, 2.45) is 12.1 Å². The molecule has 10 heteroatoms. The monoisotopic (exact) mass is 430 g/mol. The van der Waals surface area contributed by atoms with Gasteiger partial charge in [0.25, 0.3) is 5.56 Å². The number of allylic oxidation sites excluding steroid dienone is 2. The van der Waals surface area contributed by atoms with E-state index in [0.29, 0.717) is 23.7 Å². The van der Waals surface area contributed by atoms with E-state index in [4.69, 9.17) is 11.6 Å². The van der Waals surface area contributed by atoms with E-state index in [1.807, 2.05) is 13.8 Å². The third-order valence-electron chi connectivity index (χ3n) is 5.01. The summed E-state index contributed by atoms with van der Waals surface area (Å²) in [4.78, 5) is 30.3. The summed E-state index contributed by atoms with van der Waals surface area (Å²) < 4.78 is 18.6. The van der Waals surface area contributed by atoms with Crippen LogP contribution < -0.4 is 16.3 Å². The van der Waals surface area contributed by atoms with Gasteiger partial charge in [0, 0.05) is 24.2 Å². The maximum Gasteiger partial charge on any atom is 0.332 e. The van der Waals surface area contributed by atoms with Crippen molar-refractivity contribution in [1.82, 2.24) is 18.7 Å². The molecule has 3 aromatic rings. The van der Waals surface area contributed by atoms with E-state index in [0.717, 1.165) is 4.57 Å². The number of nitrogens with zero attached hydrogens (tertiary/aromatic N) is 6. The van der Waals surface area contributed by atoms with Crippen molar-refractivity contribution in [2.75, 3.05) is 5.01 Å². The summed E-state index contributed by atoms with van der Waals surface area (Å²) in [5, 5.41) is 6.26. The van der Waals surface area contributed by atoms with E-state index in [9.17, 15) is 14.0 Å². The quantitative estimate of drug-likeness (QED) is 0.596. The molecule has 156 valence electrons. The second-order valence-electron chi connectivity index (χ2n) is 7.09. The first-order valence-corrected chi connectivity index (χ1v) is 9.77. The molecule has 0 spiro atoms. The first-order valence-electron chi connectivity index (χ1n) is 9.39. The predicted molar refractivity (Wildman–Crippen MR) is 115 cm³/mol. The Labute approximate surface area is 176 Å². The van der Waals surface area contributed by atoms with Crippen molar-refractivity contribution in [3.63, 3.8) is 0 Å². The minimum atomic E-state index is -0.456. The molecule has 0 bridgehead atoms. The van der Waals surface area contributed by atoms with Crippen molar-refractivity contribution in [3.8, 4) is 0 Å². The molecule has 30 heavy (non-hydrogen) atoms. The summed E-state index contributed by atoms with van der Waals surface area (Å²) in [6, 6.07) is 4.46. The number of benzene rings is 1. The molecule has 0 radical (unpaired) electrons. The fourth-order valence-electron chi connectivity index (χ4n) is 3.53. The molecule has 0 saturated heterocycles. The number of fused-ring (bicyclic) bond motifs is 3. The van der Waals surface area contributed by atoms with Crippen LogP contribution in [0.2, 0.25) is 5.02 Å². The van der Waals surface area contributed by atoms with Crippen molar-refractivity contribution in [1.29, 1.82) is 0 Å². The Balaban J connectivity index is 1.92. The molecule has 0 fully saturated rings. The lowest BCUT2D eigenvalue weighted by Crippen LogP contribution is -2.39. The zero-order chi connectivity index (χ0) is 21.6. The van der Waals surface area contributed by atoms with E-state index in [1.54, 1.807) is 29.8 Å². The van der Waals surface area contributed by atoms with Crippen LogP contribution >= 0.6 is 11.6 Å². The molecule has 0 unspecified atom stereocenters. The van der Waals surface area contributed by atoms with Gasteiger partial charge in [-0.05, 0) is 26.0 Å². The average Bonchev–Trinajstić information content (AvgIpc) is 3.09. The molecule has 2 aromatic heterocycles. The van der Waals surface area contributed by atoms with Crippen LogP contribution in [0.15, 0.2) is 45.0 Å². The van der Waals surface area contributed by atoms with Crippen molar-refractivity contribution >= 4 is 34.4 Å². The summed E-state index contributed by atoms with van der Waals surface area (Å²) in [6.45, 7) is 4.17. The Morgan fingerprint density at radius 3 is 2.77 bits per heavy atom. The molecular weight excluding hydrogens is 411 g/mol. The smallest absolute Gasteiger partial charge is 0.297 e. The highest BCUT2D eigenvalue weighted by Gasteiger charge is 2.27. The Morgan fingerprint density at radius 2 is 2.07 bits per heavy atom. The largest absolute Gasteiger partial charge is 0.332 e. The Bertz CT molecular complexity index is 1310. The number of hydrogen-bond acceptors (Lipinski definition) is 5. The number of anilines is 1. The van der Waals surface area contributed by atoms with Crippen LogP contribution in [-0.2, 0) is 26.7 Å². The summed E-state index contributed by atoms with van der Waals surface area (Å²) in [5.41, 5.74) is 0.658. The topological polar surface area (TPSA) is 77.4 Å². The molecule has 1 aliphatic rings. The molecule has 4 rings (SSSR count). The van der Waals surface area contributed by atoms with Crippen LogP contribution in [0.3, 0.4) is 0 Å². The standard InChI is InChI=1S/C20H20ClFN6O2/c1-4-5-9-26-18(29)16-17(25(3)20(26)30)23-19-27(16)10-12(2)24-28(19)11-13-14(21)7-6-8-15(13)22/h4-8H,9-11H2,1-3H3/b5-4+. The number of hydrazone groups is 1. The number of hydrogen-bond donors (Lipinski definition) is 0. The molecule has 0 saturated carbocycles. The predicted octanol–water partition coefficient (Wildman–Crippen LogP) is 2.66. The molecule has 0 N–H and O–H groups in total. The van der Waals surface area contributed by atoms with Gasteiger partial charge in [-0.1, -0.05) is 29.8 Å². The SMILES string of the molecule is C/C=C/Cn1c(=O)c2c(nc3n2CC(C)=NN3Cc2c(F)cccc2Cl)n(C)c1=O. The molecule has 0 aliphatic carbocycles. The zero-order valence-electron chi connectivity index (χ0n) is 16.8. The van der Waals surface area contributed by atoms with Crippen LogP contribution in [0, 0.1) is 5.82 Å². The van der Waals surface area contributed by atoms with Crippen LogP contribution in [0.1, 0.15) is 19.4 Å². The number of halogens is 2. The second-order valence-corrected chi connectivity index (χ2v) is 7.50. The van der Waals surface area contributed by atoms with Crippen LogP contribution in [0.25, 0.3) is 11.2 Å². The lowest BCUT2D eigenvalue weighted by atomic mass is 10.2. The lowest BCUT2D eigenvalue weighted by Gasteiger charge is -2.25. The van der Waals surface area contributed by atoms with Gasteiger partial charge in [0.2, 0.25) is 5.95 Å². The van der Waals surface area contributed by atoms with Crippen molar-refractivity contribution in [3.05, 3.63) is 67.6 Å². The van der Waals surface area contributed by atoms with E-state index in [-0.39, 0.29) is 29.3 Å². The van der Waals surface area contributed by atoms with Gasteiger partial charge in [0.15, 0.2) is 11.2 Å². The molecule has 0 atom stereocenters. The highest BCUT2D eigenvalue weighted by Crippen LogP contribution is 2.28. The Hall–Kier alpha value is -3.20. The maximum absolute atomic E-state index is 14.3. The van der Waals surface area contributed by atoms with Gasteiger partial charge in [-0.15, -0.1) is 0 Å². The summed E-state index contributed by atoms with van der Waals surface area (Å²) >= 11 is 6.18. The number of aryl methyl sites for hydroxylation is 1. The van der Waals surface area contributed by atoms with Gasteiger partial charge in [-0.25, -0.2) is 14.2 Å². The fourth-order valence-corrected chi connectivity index (χ4v) is 3.75. The van der Waals surface area contributed by atoms with E-state index >= 15 is 0 Å². The molecule has 3 heterocycles. The number of aromatic nitrogens is 4. The summed E-state index contributed by atoms with van der Waals surface area (Å²) in [5.74, 6) is -0.101. The summed E-state index contributed by atoms with van der Waals surface area (Å²) in [6.07, 6.45) is 3.51. The average molecular weight is 431 g/mol. The van der Waals surface area contributed by atoms with E-state index in [1.165, 1.54) is 21.7 Å². The van der Waals surface area contributed by atoms with Gasteiger partial charge >= 0.3 is 5.69 Å². The minimum Gasteiger partial charge on any atom is -0.297 e. The summed E-state index contributed by atoms with van der Waals surface area (Å²) in [7, 11) is 1.57. The molecule has 0 amide bonds. The van der Waals surface area contributed by atoms with Crippen LogP contribution in [0.4, 0.5) is 10.3 Å². The maximum atomic E-state index is 14.3. The molecule has 8 nitrogen and oxygen atoms in total. The highest BCUT2D eigenvalue weighted by atomic mass is 35.5. The Morgan fingerprint density at radius 1 is 1.30 bits per heavy atom.